The molecule has 0 aliphatic rings. The van der Waals surface area contributed by atoms with Crippen molar-refractivity contribution in [1.29, 1.82) is 0 Å². The fourth-order valence-corrected chi connectivity index (χ4v) is 2.46. The highest BCUT2D eigenvalue weighted by atomic mass is 79.9. The second-order valence-electron chi connectivity index (χ2n) is 3.45. The van der Waals surface area contributed by atoms with Crippen LogP contribution in [-0.2, 0) is 0 Å². The molecule has 0 aliphatic carbocycles. The molecule has 2 N–H and O–H groups in total. The lowest BCUT2D eigenvalue weighted by atomic mass is 10.2. The maximum atomic E-state index is 9.07. The van der Waals surface area contributed by atoms with Crippen molar-refractivity contribution < 1.29 is 5.11 Å². The van der Waals surface area contributed by atoms with E-state index in [4.69, 9.17) is 5.11 Å². The van der Waals surface area contributed by atoms with E-state index in [2.05, 4.69) is 31.2 Å². The number of aliphatic hydroxyl groups excluding tert-OH is 1. The van der Waals surface area contributed by atoms with Crippen LogP contribution in [0.3, 0.4) is 0 Å². The lowest BCUT2D eigenvalue weighted by Crippen LogP contribution is -2.13. The maximum absolute atomic E-state index is 9.07. The average molecular weight is 314 g/mol. The van der Waals surface area contributed by atoms with Gasteiger partial charge in [0.2, 0.25) is 5.95 Å². The molecular formula is C11H12BrN3OS. The van der Waals surface area contributed by atoms with Gasteiger partial charge in [0.25, 0.3) is 0 Å². The molecule has 0 aromatic carbocycles. The minimum absolute atomic E-state index is 0.0566. The van der Waals surface area contributed by atoms with E-state index in [0.29, 0.717) is 12.4 Å². The lowest BCUT2D eigenvalue weighted by Gasteiger charge is -2.15. The number of aliphatic hydroxyl groups is 1. The zero-order chi connectivity index (χ0) is 12.1. The Balaban J connectivity index is 2.10. The van der Waals surface area contributed by atoms with Gasteiger partial charge in [-0.2, -0.15) is 0 Å². The summed E-state index contributed by atoms with van der Waals surface area (Å²) in [4.78, 5) is 9.50. The van der Waals surface area contributed by atoms with Gasteiger partial charge in [-0.25, -0.2) is 9.97 Å². The SMILES string of the molecule is OCC[C@@H](Nc1ncc(Br)cn1)c1cccs1. The molecule has 0 aliphatic heterocycles. The van der Waals surface area contributed by atoms with Crippen molar-refractivity contribution in [1.82, 2.24) is 9.97 Å². The fraction of sp³-hybridized carbons (Fsp3) is 0.273. The first-order chi connectivity index (χ1) is 8.29. The number of nitrogens with zero attached hydrogens (tertiary/aromatic N) is 2. The Morgan fingerprint density at radius 1 is 1.41 bits per heavy atom. The Morgan fingerprint density at radius 2 is 2.18 bits per heavy atom. The summed E-state index contributed by atoms with van der Waals surface area (Å²) in [5.41, 5.74) is 0. The first-order valence-electron chi connectivity index (χ1n) is 5.18. The quantitative estimate of drug-likeness (QED) is 0.891. The van der Waals surface area contributed by atoms with Crippen LogP contribution in [0, 0.1) is 0 Å². The van der Waals surface area contributed by atoms with Crippen molar-refractivity contribution >= 4 is 33.2 Å². The molecule has 90 valence electrons. The second kappa shape index (κ2) is 6.09. The normalized spacial score (nSPS) is 12.4. The van der Waals surface area contributed by atoms with E-state index in [1.807, 2.05) is 17.5 Å². The molecule has 6 heteroatoms. The molecule has 0 bridgehead atoms. The molecule has 1 atom stereocenters. The van der Waals surface area contributed by atoms with Gasteiger partial charge in [0.1, 0.15) is 0 Å². The summed E-state index contributed by atoms with van der Waals surface area (Å²) in [6.07, 6.45) is 4.03. The van der Waals surface area contributed by atoms with Gasteiger partial charge in [0.05, 0.1) is 10.5 Å². The topological polar surface area (TPSA) is 58.0 Å². The Labute approximate surface area is 112 Å². The van der Waals surface area contributed by atoms with Crippen LogP contribution in [0.2, 0.25) is 0 Å². The lowest BCUT2D eigenvalue weighted by molar-refractivity contribution is 0.280. The summed E-state index contributed by atoms with van der Waals surface area (Å²) in [6, 6.07) is 4.09. The molecule has 0 saturated heterocycles. The van der Waals surface area contributed by atoms with Crippen molar-refractivity contribution in [3.8, 4) is 0 Å². The van der Waals surface area contributed by atoms with Gasteiger partial charge >= 0.3 is 0 Å². The number of hydrogen-bond acceptors (Lipinski definition) is 5. The Hall–Kier alpha value is -0.980. The van der Waals surface area contributed by atoms with E-state index >= 15 is 0 Å². The average Bonchev–Trinajstić information content (AvgIpc) is 2.85. The van der Waals surface area contributed by atoms with E-state index in [1.165, 1.54) is 4.88 Å². The molecule has 0 unspecified atom stereocenters. The molecule has 0 fully saturated rings. The van der Waals surface area contributed by atoms with Crippen LogP contribution in [0.15, 0.2) is 34.4 Å². The van der Waals surface area contributed by atoms with Crippen molar-refractivity contribution in [3.05, 3.63) is 39.3 Å². The predicted molar refractivity (Wildman–Crippen MR) is 72.1 cm³/mol. The fourth-order valence-electron chi connectivity index (χ4n) is 1.45. The third-order valence-corrected chi connectivity index (χ3v) is 3.62. The number of nitrogens with one attached hydrogen (secondary N) is 1. The molecule has 0 spiro atoms. The second-order valence-corrected chi connectivity index (χ2v) is 5.34. The molecule has 2 aromatic rings. The van der Waals surface area contributed by atoms with Gasteiger partial charge in [-0.05, 0) is 33.8 Å². The van der Waals surface area contributed by atoms with E-state index in [0.717, 1.165) is 4.47 Å². The first kappa shape index (κ1) is 12.5. The van der Waals surface area contributed by atoms with E-state index < -0.39 is 0 Å². The van der Waals surface area contributed by atoms with Crippen molar-refractivity contribution in [2.45, 2.75) is 12.5 Å². The maximum Gasteiger partial charge on any atom is 0.223 e. The third-order valence-electron chi connectivity index (χ3n) is 2.23. The molecule has 2 aromatic heterocycles. The van der Waals surface area contributed by atoms with Gasteiger partial charge in [0, 0.05) is 23.9 Å². The largest absolute Gasteiger partial charge is 0.396 e. The number of anilines is 1. The number of thiophene rings is 1. The zero-order valence-electron chi connectivity index (χ0n) is 9.01. The van der Waals surface area contributed by atoms with Gasteiger partial charge in [-0.3, -0.25) is 0 Å². The smallest absolute Gasteiger partial charge is 0.223 e. The van der Waals surface area contributed by atoms with E-state index in [9.17, 15) is 0 Å². The molecule has 0 amide bonds. The van der Waals surface area contributed by atoms with Crippen LogP contribution < -0.4 is 5.32 Å². The molecule has 4 nitrogen and oxygen atoms in total. The van der Waals surface area contributed by atoms with Gasteiger partial charge in [-0.1, -0.05) is 6.07 Å². The minimum Gasteiger partial charge on any atom is -0.396 e. The Kier molecular flexibility index (Phi) is 4.47. The molecule has 0 saturated carbocycles. The molecule has 2 rings (SSSR count). The van der Waals surface area contributed by atoms with Crippen LogP contribution in [0.5, 0.6) is 0 Å². The van der Waals surface area contributed by atoms with Crippen LogP contribution >= 0.6 is 27.3 Å². The van der Waals surface area contributed by atoms with Crippen molar-refractivity contribution in [2.24, 2.45) is 0 Å². The summed E-state index contributed by atoms with van der Waals surface area (Å²) in [5, 5.41) is 14.3. The van der Waals surface area contributed by atoms with Crippen LogP contribution in [0.25, 0.3) is 0 Å². The molecular weight excluding hydrogens is 302 g/mol. The number of aromatic nitrogens is 2. The van der Waals surface area contributed by atoms with Crippen molar-refractivity contribution in [2.75, 3.05) is 11.9 Å². The number of rotatable bonds is 5. The van der Waals surface area contributed by atoms with E-state index in [-0.39, 0.29) is 12.6 Å². The third kappa shape index (κ3) is 3.49. The summed E-state index contributed by atoms with van der Waals surface area (Å²) in [6.45, 7) is 0.131. The standard InChI is InChI=1S/C11H12BrN3OS/c12-8-6-13-11(14-7-8)15-9(3-4-16)10-2-1-5-17-10/h1-2,5-7,9,16H,3-4H2,(H,13,14,15)/t9-/m1/s1. The predicted octanol–water partition coefficient (Wildman–Crippen LogP) is 2.84. The van der Waals surface area contributed by atoms with Crippen LogP contribution in [0.4, 0.5) is 5.95 Å². The number of halogens is 1. The van der Waals surface area contributed by atoms with Crippen LogP contribution in [-0.4, -0.2) is 21.7 Å². The molecule has 2 heterocycles. The van der Waals surface area contributed by atoms with Crippen molar-refractivity contribution in [3.63, 3.8) is 0 Å². The number of hydrogen-bond donors (Lipinski definition) is 2. The molecule has 0 radical (unpaired) electrons. The van der Waals surface area contributed by atoms with E-state index in [1.54, 1.807) is 23.7 Å². The summed E-state index contributed by atoms with van der Waals surface area (Å²) in [7, 11) is 0. The summed E-state index contributed by atoms with van der Waals surface area (Å²) in [5.74, 6) is 0.569. The Morgan fingerprint density at radius 3 is 2.76 bits per heavy atom. The highest BCUT2D eigenvalue weighted by molar-refractivity contribution is 9.10. The summed E-state index contributed by atoms with van der Waals surface area (Å²) < 4.78 is 0.845. The first-order valence-corrected chi connectivity index (χ1v) is 6.85. The Bertz CT molecular complexity index is 446. The summed E-state index contributed by atoms with van der Waals surface area (Å²) >= 11 is 4.95. The van der Waals surface area contributed by atoms with Gasteiger partial charge in [0.15, 0.2) is 0 Å². The monoisotopic (exact) mass is 313 g/mol. The highest BCUT2D eigenvalue weighted by Crippen LogP contribution is 2.24. The van der Waals surface area contributed by atoms with Gasteiger partial charge in [-0.15, -0.1) is 11.3 Å². The van der Waals surface area contributed by atoms with Gasteiger partial charge < -0.3 is 10.4 Å². The zero-order valence-corrected chi connectivity index (χ0v) is 11.4. The minimum atomic E-state index is 0.0566. The molecule has 17 heavy (non-hydrogen) atoms. The van der Waals surface area contributed by atoms with Crippen LogP contribution in [0.1, 0.15) is 17.3 Å². The highest BCUT2D eigenvalue weighted by Gasteiger charge is 2.12.